The highest BCUT2D eigenvalue weighted by molar-refractivity contribution is 5.75. The van der Waals surface area contributed by atoms with Gasteiger partial charge in [0.1, 0.15) is 5.78 Å². The van der Waals surface area contributed by atoms with Crippen molar-refractivity contribution < 1.29 is 9.53 Å². The number of carbonyl (C=O) groups is 1. The Morgan fingerprint density at radius 1 is 1.21 bits per heavy atom. The minimum Gasteiger partial charge on any atom is -0.381 e. The van der Waals surface area contributed by atoms with Gasteiger partial charge in [-0.15, -0.1) is 0 Å². The summed E-state index contributed by atoms with van der Waals surface area (Å²) >= 11 is 0. The van der Waals surface area contributed by atoms with Crippen LogP contribution in [0.5, 0.6) is 0 Å². The van der Waals surface area contributed by atoms with E-state index in [0.717, 1.165) is 6.42 Å². The van der Waals surface area contributed by atoms with E-state index in [1.165, 1.54) is 32.1 Å². The van der Waals surface area contributed by atoms with Gasteiger partial charge in [-0.05, 0) is 13.3 Å². The van der Waals surface area contributed by atoms with Gasteiger partial charge in [-0.3, -0.25) is 4.79 Å². The second-order valence-corrected chi connectivity index (χ2v) is 3.97. The molecule has 84 valence electrons. The Hall–Kier alpha value is -0.370. The van der Waals surface area contributed by atoms with Gasteiger partial charge in [-0.25, -0.2) is 0 Å². The SMILES string of the molecule is CCCCCCCC(CC(C)=O)OC. The lowest BCUT2D eigenvalue weighted by Gasteiger charge is -2.12. The summed E-state index contributed by atoms with van der Waals surface area (Å²) in [6.07, 6.45) is 8.12. The summed E-state index contributed by atoms with van der Waals surface area (Å²) in [4.78, 5) is 10.9. The number of hydrogen-bond donors (Lipinski definition) is 0. The average molecular weight is 200 g/mol. The number of carbonyl (C=O) groups excluding carboxylic acids is 1. The molecule has 0 aliphatic heterocycles. The molecule has 0 aliphatic rings. The molecular formula is C12H24O2. The first-order valence-corrected chi connectivity index (χ1v) is 5.73. The summed E-state index contributed by atoms with van der Waals surface area (Å²) in [5, 5.41) is 0. The number of Topliss-reactive ketones (excluding diaryl/α,β-unsaturated/α-hetero) is 1. The molecule has 0 rings (SSSR count). The number of hydrogen-bond acceptors (Lipinski definition) is 2. The number of ether oxygens (including phenoxy) is 1. The number of unbranched alkanes of at least 4 members (excludes halogenated alkanes) is 4. The predicted molar refractivity (Wildman–Crippen MR) is 59.5 cm³/mol. The van der Waals surface area contributed by atoms with Crippen LogP contribution in [0.4, 0.5) is 0 Å². The Labute approximate surface area is 88.0 Å². The number of methoxy groups -OCH3 is 1. The first kappa shape index (κ1) is 13.6. The molecule has 14 heavy (non-hydrogen) atoms. The van der Waals surface area contributed by atoms with Gasteiger partial charge in [0.05, 0.1) is 6.10 Å². The Bertz CT molecular complexity index is 143. The fourth-order valence-corrected chi connectivity index (χ4v) is 1.60. The quantitative estimate of drug-likeness (QED) is 0.534. The van der Waals surface area contributed by atoms with Crippen molar-refractivity contribution in [3.8, 4) is 0 Å². The van der Waals surface area contributed by atoms with E-state index in [2.05, 4.69) is 6.92 Å². The molecule has 0 saturated heterocycles. The molecule has 0 amide bonds. The average Bonchev–Trinajstić information content (AvgIpc) is 2.15. The maximum atomic E-state index is 10.9. The third kappa shape index (κ3) is 8.24. The molecular weight excluding hydrogens is 176 g/mol. The van der Waals surface area contributed by atoms with Crippen LogP contribution in [0.15, 0.2) is 0 Å². The predicted octanol–water partition coefficient (Wildman–Crippen LogP) is 3.34. The van der Waals surface area contributed by atoms with E-state index in [4.69, 9.17) is 4.74 Å². The minimum absolute atomic E-state index is 0.147. The van der Waals surface area contributed by atoms with Crippen molar-refractivity contribution in [2.24, 2.45) is 0 Å². The van der Waals surface area contributed by atoms with Crippen LogP contribution in [0.3, 0.4) is 0 Å². The molecule has 2 heteroatoms. The van der Waals surface area contributed by atoms with Crippen LogP contribution >= 0.6 is 0 Å². The first-order valence-electron chi connectivity index (χ1n) is 5.73. The van der Waals surface area contributed by atoms with Gasteiger partial charge in [-0.1, -0.05) is 39.0 Å². The van der Waals surface area contributed by atoms with Crippen LogP contribution < -0.4 is 0 Å². The molecule has 0 aliphatic carbocycles. The Balaban J connectivity index is 3.38. The van der Waals surface area contributed by atoms with E-state index in [9.17, 15) is 4.79 Å². The number of rotatable bonds is 9. The molecule has 0 saturated carbocycles. The van der Waals surface area contributed by atoms with Crippen LogP contribution in [-0.4, -0.2) is 19.0 Å². The molecule has 1 unspecified atom stereocenters. The molecule has 0 heterocycles. The van der Waals surface area contributed by atoms with E-state index < -0.39 is 0 Å². The van der Waals surface area contributed by atoms with Crippen molar-refractivity contribution in [3.05, 3.63) is 0 Å². The maximum absolute atomic E-state index is 10.9. The monoisotopic (exact) mass is 200 g/mol. The summed E-state index contributed by atoms with van der Waals surface area (Å²) in [6, 6.07) is 0. The molecule has 0 fully saturated rings. The largest absolute Gasteiger partial charge is 0.381 e. The van der Waals surface area contributed by atoms with Gasteiger partial charge in [0, 0.05) is 13.5 Å². The molecule has 1 atom stereocenters. The van der Waals surface area contributed by atoms with E-state index in [0.29, 0.717) is 6.42 Å². The van der Waals surface area contributed by atoms with E-state index >= 15 is 0 Å². The van der Waals surface area contributed by atoms with Crippen LogP contribution in [0, 0.1) is 0 Å². The third-order valence-electron chi connectivity index (χ3n) is 2.48. The summed E-state index contributed by atoms with van der Waals surface area (Å²) in [6.45, 7) is 3.84. The van der Waals surface area contributed by atoms with Gasteiger partial charge < -0.3 is 4.74 Å². The van der Waals surface area contributed by atoms with E-state index in [1.807, 2.05) is 0 Å². The van der Waals surface area contributed by atoms with Crippen molar-refractivity contribution in [1.29, 1.82) is 0 Å². The van der Waals surface area contributed by atoms with Crippen LogP contribution in [0.25, 0.3) is 0 Å². The second kappa shape index (κ2) is 9.20. The third-order valence-corrected chi connectivity index (χ3v) is 2.48. The molecule has 0 aromatic rings. The molecule has 0 aromatic heterocycles. The highest BCUT2D eigenvalue weighted by atomic mass is 16.5. The molecule has 0 radical (unpaired) electrons. The fourth-order valence-electron chi connectivity index (χ4n) is 1.60. The van der Waals surface area contributed by atoms with Crippen molar-refractivity contribution in [2.45, 2.75) is 64.9 Å². The summed E-state index contributed by atoms with van der Waals surface area (Å²) in [7, 11) is 1.69. The number of ketones is 1. The van der Waals surface area contributed by atoms with Crippen molar-refractivity contribution >= 4 is 5.78 Å². The molecule has 2 nitrogen and oxygen atoms in total. The molecule has 0 aromatic carbocycles. The summed E-state index contributed by atoms with van der Waals surface area (Å²) in [5.74, 6) is 0.227. The fraction of sp³-hybridized carbons (Fsp3) is 0.917. The van der Waals surface area contributed by atoms with Gasteiger partial charge in [0.15, 0.2) is 0 Å². The zero-order valence-electron chi connectivity index (χ0n) is 9.84. The second-order valence-electron chi connectivity index (χ2n) is 3.97. The standard InChI is InChI=1S/C12H24O2/c1-4-5-6-7-8-9-12(14-3)10-11(2)13/h12H,4-10H2,1-3H3. The topological polar surface area (TPSA) is 26.3 Å². The molecule has 0 bridgehead atoms. The maximum Gasteiger partial charge on any atom is 0.132 e. The lowest BCUT2D eigenvalue weighted by atomic mass is 10.0. The zero-order valence-corrected chi connectivity index (χ0v) is 9.84. The van der Waals surface area contributed by atoms with Gasteiger partial charge in [0.2, 0.25) is 0 Å². The zero-order chi connectivity index (χ0) is 10.8. The highest BCUT2D eigenvalue weighted by Gasteiger charge is 2.09. The molecule has 0 spiro atoms. The summed E-state index contributed by atoms with van der Waals surface area (Å²) < 4.78 is 5.25. The highest BCUT2D eigenvalue weighted by Crippen LogP contribution is 2.11. The Morgan fingerprint density at radius 3 is 2.36 bits per heavy atom. The lowest BCUT2D eigenvalue weighted by Crippen LogP contribution is -2.14. The van der Waals surface area contributed by atoms with Gasteiger partial charge in [-0.2, -0.15) is 0 Å². The smallest absolute Gasteiger partial charge is 0.132 e. The minimum atomic E-state index is 0.147. The van der Waals surface area contributed by atoms with Crippen molar-refractivity contribution in [3.63, 3.8) is 0 Å². The van der Waals surface area contributed by atoms with Crippen LogP contribution in [0.2, 0.25) is 0 Å². The van der Waals surface area contributed by atoms with E-state index in [1.54, 1.807) is 14.0 Å². The van der Waals surface area contributed by atoms with Gasteiger partial charge >= 0.3 is 0 Å². The summed E-state index contributed by atoms with van der Waals surface area (Å²) in [5.41, 5.74) is 0. The lowest BCUT2D eigenvalue weighted by molar-refractivity contribution is -0.119. The van der Waals surface area contributed by atoms with Gasteiger partial charge in [0.25, 0.3) is 0 Å². The van der Waals surface area contributed by atoms with Crippen molar-refractivity contribution in [2.75, 3.05) is 7.11 Å². The van der Waals surface area contributed by atoms with Crippen LogP contribution in [-0.2, 0) is 9.53 Å². The first-order chi connectivity index (χ1) is 6.70. The normalized spacial score (nSPS) is 12.8. The molecule has 0 N–H and O–H groups in total. The Morgan fingerprint density at radius 2 is 1.86 bits per heavy atom. The van der Waals surface area contributed by atoms with Crippen molar-refractivity contribution in [1.82, 2.24) is 0 Å². The van der Waals surface area contributed by atoms with E-state index in [-0.39, 0.29) is 11.9 Å². The van der Waals surface area contributed by atoms with Crippen LogP contribution in [0.1, 0.15) is 58.8 Å². The Kier molecular flexibility index (Phi) is 8.95.